The summed E-state index contributed by atoms with van der Waals surface area (Å²) in [6.45, 7) is 6.59. The average molecular weight is 456 g/mol. The molecule has 5 rings (SSSR count). The standard InChI is InChI=1S/C24H26ClN3O2S/c1-3-28(4-2)22(16-6-5-7-18(25)12-16)21-14-26-23(31-21)27-24(10-11-24)17-8-9-19-20(13-17)30-15-29-19/h5-9,12-14,22H,3-4,10-11,15H2,1-2H3,(H,26,27). The fraction of sp³-hybridized carbons (Fsp3) is 0.375. The van der Waals surface area contributed by atoms with Crippen LogP contribution in [-0.4, -0.2) is 29.8 Å². The van der Waals surface area contributed by atoms with Gasteiger partial charge in [-0.05, 0) is 61.3 Å². The van der Waals surface area contributed by atoms with Crippen LogP contribution in [0, 0.1) is 0 Å². The third-order valence-electron chi connectivity index (χ3n) is 6.16. The van der Waals surface area contributed by atoms with Gasteiger partial charge in [-0.15, -0.1) is 11.3 Å². The van der Waals surface area contributed by atoms with Crippen LogP contribution in [0.1, 0.15) is 48.7 Å². The molecule has 1 aromatic heterocycles. The predicted molar refractivity (Wildman–Crippen MR) is 125 cm³/mol. The SMILES string of the molecule is CCN(CC)C(c1cccc(Cl)c1)c1cnc(NC2(c3ccc4c(c3)OCO4)CC2)s1. The monoisotopic (exact) mass is 455 g/mol. The molecule has 1 unspecified atom stereocenters. The maximum Gasteiger partial charge on any atom is 0.231 e. The van der Waals surface area contributed by atoms with Gasteiger partial charge in [-0.2, -0.15) is 0 Å². The number of hydrogen-bond acceptors (Lipinski definition) is 6. The molecule has 0 radical (unpaired) electrons. The van der Waals surface area contributed by atoms with Crippen LogP contribution in [0.3, 0.4) is 0 Å². The molecule has 0 spiro atoms. The molecule has 1 N–H and O–H groups in total. The number of anilines is 1. The van der Waals surface area contributed by atoms with Crippen molar-refractivity contribution in [2.45, 2.75) is 38.3 Å². The number of rotatable bonds is 8. The summed E-state index contributed by atoms with van der Waals surface area (Å²) in [5, 5.41) is 5.43. The Labute approximate surface area is 192 Å². The summed E-state index contributed by atoms with van der Waals surface area (Å²) in [6.07, 6.45) is 4.16. The average Bonchev–Trinajstić information content (AvgIpc) is 3.18. The van der Waals surface area contributed by atoms with Crippen molar-refractivity contribution >= 4 is 28.1 Å². The number of thiazole rings is 1. The molecule has 7 heteroatoms. The van der Waals surface area contributed by atoms with Crippen molar-refractivity contribution in [2.75, 3.05) is 25.2 Å². The quantitative estimate of drug-likeness (QED) is 0.447. The number of hydrogen-bond donors (Lipinski definition) is 1. The maximum absolute atomic E-state index is 6.31. The first-order chi connectivity index (χ1) is 15.1. The first-order valence-electron chi connectivity index (χ1n) is 10.8. The van der Waals surface area contributed by atoms with E-state index in [-0.39, 0.29) is 11.6 Å². The number of fused-ring (bicyclic) bond motifs is 1. The van der Waals surface area contributed by atoms with Crippen LogP contribution < -0.4 is 14.8 Å². The smallest absolute Gasteiger partial charge is 0.231 e. The molecule has 2 heterocycles. The van der Waals surface area contributed by atoms with Crippen molar-refractivity contribution in [1.82, 2.24) is 9.88 Å². The van der Waals surface area contributed by atoms with Crippen LogP contribution in [-0.2, 0) is 5.54 Å². The first kappa shape index (κ1) is 20.6. The Kier molecular flexibility index (Phi) is 5.54. The molecule has 1 fully saturated rings. The van der Waals surface area contributed by atoms with Gasteiger partial charge in [0.1, 0.15) is 0 Å². The first-order valence-corrected chi connectivity index (χ1v) is 11.9. The molecule has 162 valence electrons. The zero-order valence-electron chi connectivity index (χ0n) is 17.7. The van der Waals surface area contributed by atoms with Gasteiger partial charge in [-0.3, -0.25) is 4.90 Å². The minimum Gasteiger partial charge on any atom is -0.454 e. The van der Waals surface area contributed by atoms with Gasteiger partial charge in [0.05, 0.1) is 11.6 Å². The van der Waals surface area contributed by atoms with Gasteiger partial charge in [0.25, 0.3) is 0 Å². The molecule has 1 saturated carbocycles. The van der Waals surface area contributed by atoms with Gasteiger partial charge in [0.2, 0.25) is 6.79 Å². The van der Waals surface area contributed by atoms with E-state index in [9.17, 15) is 0 Å². The fourth-order valence-corrected chi connectivity index (χ4v) is 5.58. The summed E-state index contributed by atoms with van der Waals surface area (Å²) in [5.74, 6) is 1.65. The van der Waals surface area contributed by atoms with Crippen LogP contribution in [0.4, 0.5) is 5.13 Å². The number of ether oxygens (including phenoxy) is 2. The van der Waals surface area contributed by atoms with Gasteiger partial charge in [0.15, 0.2) is 16.6 Å². The van der Waals surface area contributed by atoms with Crippen LogP contribution >= 0.6 is 22.9 Å². The summed E-state index contributed by atoms with van der Waals surface area (Å²) in [4.78, 5) is 8.41. The Morgan fingerprint density at radius 3 is 2.68 bits per heavy atom. The van der Waals surface area contributed by atoms with E-state index in [4.69, 9.17) is 26.1 Å². The zero-order chi connectivity index (χ0) is 21.4. The second kappa shape index (κ2) is 8.34. The van der Waals surface area contributed by atoms with Crippen molar-refractivity contribution in [3.63, 3.8) is 0 Å². The molecule has 0 bridgehead atoms. The Morgan fingerprint density at radius 1 is 1.13 bits per heavy atom. The molecule has 5 nitrogen and oxygen atoms in total. The van der Waals surface area contributed by atoms with Crippen LogP contribution in [0.5, 0.6) is 11.5 Å². The summed E-state index contributed by atoms with van der Waals surface area (Å²) < 4.78 is 11.0. The Morgan fingerprint density at radius 2 is 1.94 bits per heavy atom. The van der Waals surface area contributed by atoms with Crippen LogP contribution in [0.2, 0.25) is 5.02 Å². The van der Waals surface area contributed by atoms with E-state index < -0.39 is 0 Å². The van der Waals surface area contributed by atoms with Crippen LogP contribution in [0.25, 0.3) is 0 Å². The molecule has 2 aromatic carbocycles. The van der Waals surface area contributed by atoms with Gasteiger partial charge in [-0.25, -0.2) is 4.98 Å². The Bertz CT molecular complexity index is 1080. The highest BCUT2D eigenvalue weighted by Crippen LogP contribution is 2.51. The van der Waals surface area contributed by atoms with E-state index in [1.807, 2.05) is 24.4 Å². The van der Waals surface area contributed by atoms with Crippen molar-refractivity contribution in [3.8, 4) is 11.5 Å². The lowest BCUT2D eigenvalue weighted by atomic mass is 10.0. The number of halogens is 1. The highest BCUT2D eigenvalue weighted by molar-refractivity contribution is 7.15. The third kappa shape index (κ3) is 4.00. The van der Waals surface area contributed by atoms with E-state index >= 15 is 0 Å². The molecule has 2 aliphatic rings. The molecular weight excluding hydrogens is 430 g/mol. The van der Waals surface area contributed by atoms with Crippen molar-refractivity contribution in [3.05, 3.63) is 69.7 Å². The molecule has 3 aromatic rings. The molecular formula is C24H26ClN3O2S. The van der Waals surface area contributed by atoms with E-state index in [0.29, 0.717) is 6.79 Å². The molecule has 0 amide bonds. The predicted octanol–water partition coefficient (Wildman–Crippen LogP) is 6.06. The van der Waals surface area contributed by atoms with Gasteiger partial charge >= 0.3 is 0 Å². The van der Waals surface area contributed by atoms with Gasteiger partial charge in [-0.1, -0.05) is 43.6 Å². The van der Waals surface area contributed by atoms with Crippen molar-refractivity contribution < 1.29 is 9.47 Å². The Balaban J connectivity index is 1.41. The molecule has 1 aliphatic carbocycles. The second-order valence-electron chi connectivity index (χ2n) is 8.02. The second-order valence-corrected chi connectivity index (χ2v) is 9.52. The van der Waals surface area contributed by atoms with Crippen LogP contribution in [0.15, 0.2) is 48.7 Å². The number of benzene rings is 2. The summed E-state index contributed by atoms with van der Waals surface area (Å²) in [7, 11) is 0. The molecule has 1 atom stereocenters. The maximum atomic E-state index is 6.31. The Hall–Kier alpha value is -2.28. The lowest BCUT2D eigenvalue weighted by Gasteiger charge is -2.29. The highest BCUT2D eigenvalue weighted by atomic mass is 35.5. The minimum atomic E-state index is -0.0726. The normalized spacial score (nSPS) is 17.0. The number of nitrogens with zero attached hydrogens (tertiary/aromatic N) is 2. The summed E-state index contributed by atoms with van der Waals surface area (Å²) >= 11 is 8.04. The van der Waals surface area contributed by atoms with Gasteiger partial charge in [0, 0.05) is 16.1 Å². The van der Waals surface area contributed by atoms with Crippen molar-refractivity contribution in [2.24, 2.45) is 0 Å². The third-order valence-corrected chi connectivity index (χ3v) is 7.36. The largest absolute Gasteiger partial charge is 0.454 e. The highest BCUT2D eigenvalue weighted by Gasteiger charge is 2.45. The van der Waals surface area contributed by atoms with Gasteiger partial charge < -0.3 is 14.8 Å². The number of aromatic nitrogens is 1. The number of nitrogens with one attached hydrogen (secondary N) is 1. The molecule has 0 saturated heterocycles. The minimum absolute atomic E-state index is 0.0726. The summed E-state index contributed by atoms with van der Waals surface area (Å²) in [5.41, 5.74) is 2.35. The van der Waals surface area contributed by atoms with E-state index in [1.54, 1.807) is 11.3 Å². The molecule has 1 aliphatic heterocycles. The van der Waals surface area contributed by atoms with E-state index in [0.717, 1.165) is 47.6 Å². The van der Waals surface area contributed by atoms with Crippen molar-refractivity contribution in [1.29, 1.82) is 0 Å². The zero-order valence-corrected chi connectivity index (χ0v) is 19.3. The lowest BCUT2D eigenvalue weighted by molar-refractivity contribution is 0.174. The topological polar surface area (TPSA) is 46.6 Å². The molecule has 31 heavy (non-hydrogen) atoms. The lowest BCUT2D eigenvalue weighted by Crippen LogP contribution is -2.28. The fourth-order valence-electron chi connectivity index (χ4n) is 4.30. The van der Waals surface area contributed by atoms with E-state index in [1.165, 1.54) is 16.0 Å². The summed E-state index contributed by atoms with van der Waals surface area (Å²) in [6, 6.07) is 14.5. The van der Waals surface area contributed by atoms with E-state index in [2.05, 4.69) is 48.3 Å².